The van der Waals surface area contributed by atoms with Crippen LogP contribution in [0.3, 0.4) is 0 Å². The van der Waals surface area contributed by atoms with Gasteiger partial charge in [-0.3, -0.25) is 4.79 Å². The van der Waals surface area contributed by atoms with Crippen LogP contribution in [0.4, 0.5) is 0 Å². The Morgan fingerprint density at radius 2 is 1.84 bits per heavy atom. The van der Waals surface area contributed by atoms with Crippen LogP contribution in [-0.4, -0.2) is 24.2 Å². The summed E-state index contributed by atoms with van der Waals surface area (Å²) in [7, 11) is 0. The molecule has 0 aromatic heterocycles. The second kappa shape index (κ2) is 8.11. The molecule has 1 saturated carbocycles. The Morgan fingerprint density at radius 1 is 1.32 bits per heavy atom. The van der Waals surface area contributed by atoms with Crippen LogP contribution in [0.25, 0.3) is 0 Å². The quantitative estimate of drug-likeness (QED) is 0.786. The number of rotatable bonds is 6. The molecular weight excluding hydrogens is 262 g/mol. The third-order valence-electron chi connectivity index (χ3n) is 3.95. The lowest BCUT2D eigenvalue weighted by Gasteiger charge is -2.42. The zero-order valence-corrected chi connectivity index (χ0v) is 13.6. The van der Waals surface area contributed by atoms with Crippen LogP contribution in [0.15, 0.2) is 0 Å². The zero-order valence-electron chi connectivity index (χ0n) is 12.7. The molecule has 4 heteroatoms. The molecule has 0 heterocycles. The molecule has 3 nitrogen and oxygen atoms in total. The summed E-state index contributed by atoms with van der Waals surface area (Å²) in [6.07, 6.45) is 3.65. The second-order valence-corrected chi connectivity index (χ2v) is 6.95. The highest BCUT2D eigenvalue weighted by molar-refractivity contribution is 5.85. The molecule has 1 aliphatic carbocycles. The van der Waals surface area contributed by atoms with Gasteiger partial charge in [-0.25, -0.2) is 0 Å². The molecule has 1 fully saturated rings. The molecule has 1 unspecified atom stereocenters. The average Bonchev–Trinajstić information content (AvgIpc) is 2.12. The van der Waals surface area contributed by atoms with Crippen molar-refractivity contribution in [3.63, 3.8) is 0 Å². The minimum absolute atomic E-state index is 0. The molecule has 19 heavy (non-hydrogen) atoms. The van der Waals surface area contributed by atoms with Gasteiger partial charge in [0.25, 0.3) is 0 Å². The van der Waals surface area contributed by atoms with Crippen LogP contribution >= 0.6 is 12.4 Å². The van der Waals surface area contributed by atoms with Crippen LogP contribution < -0.4 is 5.32 Å². The Bertz CT molecular complexity index is 271. The van der Waals surface area contributed by atoms with E-state index in [2.05, 4.69) is 33.0 Å². The number of hydrogen-bond donors (Lipinski definition) is 2. The molecule has 0 radical (unpaired) electrons. The number of aliphatic carboxylic acids is 1. The summed E-state index contributed by atoms with van der Waals surface area (Å²) in [4.78, 5) is 11.2. The molecular formula is C15H30ClNO2. The minimum Gasteiger partial charge on any atom is -0.481 e. The van der Waals surface area contributed by atoms with E-state index in [4.69, 9.17) is 0 Å². The fraction of sp³-hybridized carbons (Fsp3) is 0.933. The van der Waals surface area contributed by atoms with Crippen molar-refractivity contribution >= 4 is 18.4 Å². The van der Waals surface area contributed by atoms with Gasteiger partial charge in [0.15, 0.2) is 0 Å². The SMILES string of the molecule is CC(C)CNCC1(CC(=O)O)C[C@H](C)C[C@H](C)C1.Cl. The van der Waals surface area contributed by atoms with Crippen molar-refractivity contribution in [3.05, 3.63) is 0 Å². The number of carboxylic acids is 1. The fourth-order valence-corrected chi connectivity index (χ4v) is 3.71. The number of nitrogens with one attached hydrogen (secondary N) is 1. The topological polar surface area (TPSA) is 49.3 Å². The third-order valence-corrected chi connectivity index (χ3v) is 3.95. The van der Waals surface area contributed by atoms with E-state index in [-0.39, 0.29) is 17.8 Å². The minimum atomic E-state index is -0.650. The average molecular weight is 292 g/mol. The van der Waals surface area contributed by atoms with E-state index < -0.39 is 5.97 Å². The smallest absolute Gasteiger partial charge is 0.303 e. The summed E-state index contributed by atoms with van der Waals surface area (Å²) in [6.45, 7) is 10.7. The molecule has 0 amide bonds. The van der Waals surface area contributed by atoms with Crippen LogP contribution in [0.5, 0.6) is 0 Å². The maximum Gasteiger partial charge on any atom is 0.303 e. The summed E-state index contributed by atoms with van der Waals surface area (Å²) in [5.41, 5.74) is -0.0300. The van der Waals surface area contributed by atoms with Crippen LogP contribution in [-0.2, 0) is 4.79 Å². The van der Waals surface area contributed by atoms with Gasteiger partial charge in [-0.05, 0) is 49.0 Å². The van der Waals surface area contributed by atoms with Crippen LogP contribution in [0, 0.1) is 23.2 Å². The van der Waals surface area contributed by atoms with Crippen LogP contribution in [0.1, 0.15) is 53.4 Å². The molecule has 0 saturated heterocycles. The number of hydrogen-bond acceptors (Lipinski definition) is 2. The van der Waals surface area contributed by atoms with E-state index in [1.54, 1.807) is 0 Å². The summed E-state index contributed by atoms with van der Waals surface area (Å²) < 4.78 is 0. The predicted octanol–water partition coefficient (Wildman–Crippen LogP) is 3.57. The van der Waals surface area contributed by atoms with Crippen molar-refractivity contribution < 1.29 is 9.90 Å². The number of carboxylic acid groups (broad SMARTS) is 1. The van der Waals surface area contributed by atoms with Gasteiger partial charge >= 0.3 is 5.97 Å². The van der Waals surface area contributed by atoms with Crippen molar-refractivity contribution in [2.75, 3.05) is 13.1 Å². The monoisotopic (exact) mass is 291 g/mol. The maximum absolute atomic E-state index is 11.2. The highest BCUT2D eigenvalue weighted by Crippen LogP contribution is 2.44. The molecule has 2 N–H and O–H groups in total. The Hall–Kier alpha value is -0.280. The first-order valence-corrected chi connectivity index (χ1v) is 7.25. The predicted molar refractivity (Wildman–Crippen MR) is 81.8 cm³/mol. The molecule has 0 bridgehead atoms. The fourth-order valence-electron chi connectivity index (χ4n) is 3.71. The highest BCUT2D eigenvalue weighted by Gasteiger charge is 2.39. The Balaban J connectivity index is 0.00000324. The molecule has 0 aliphatic heterocycles. The summed E-state index contributed by atoms with van der Waals surface area (Å²) in [6, 6.07) is 0. The van der Waals surface area contributed by atoms with Gasteiger partial charge in [0.1, 0.15) is 0 Å². The second-order valence-electron chi connectivity index (χ2n) is 6.95. The maximum atomic E-state index is 11.2. The first kappa shape index (κ1) is 18.7. The summed E-state index contributed by atoms with van der Waals surface area (Å²) in [5.74, 6) is 1.26. The first-order valence-electron chi connectivity index (χ1n) is 7.25. The van der Waals surface area contributed by atoms with Crippen molar-refractivity contribution in [2.45, 2.75) is 53.4 Å². The largest absolute Gasteiger partial charge is 0.481 e. The first-order chi connectivity index (χ1) is 8.33. The van der Waals surface area contributed by atoms with Crippen molar-refractivity contribution in [2.24, 2.45) is 23.2 Å². The van der Waals surface area contributed by atoms with E-state index in [9.17, 15) is 9.90 Å². The van der Waals surface area contributed by atoms with Crippen molar-refractivity contribution in [3.8, 4) is 0 Å². The van der Waals surface area contributed by atoms with Gasteiger partial charge in [-0.15, -0.1) is 12.4 Å². The van der Waals surface area contributed by atoms with E-state index in [1.807, 2.05) is 0 Å². The molecule has 114 valence electrons. The number of halogens is 1. The molecule has 0 spiro atoms. The molecule has 1 rings (SSSR count). The standard InChI is InChI=1S/C15H29NO2.ClH/c1-11(2)9-16-10-15(8-14(17)18)6-12(3)5-13(4)7-15;/h11-13,16H,5-10H2,1-4H3,(H,17,18);1H/t12-,13+,15?;. The van der Waals surface area contributed by atoms with E-state index in [1.165, 1.54) is 6.42 Å². The van der Waals surface area contributed by atoms with Crippen molar-refractivity contribution in [1.29, 1.82) is 0 Å². The van der Waals surface area contributed by atoms with Crippen molar-refractivity contribution in [1.82, 2.24) is 5.32 Å². The lowest BCUT2D eigenvalue weighted by Crippen LogP contribution is -2.42. The Kier molecular flexibility index (Phi) is 7.99. The summed E-state index contributed by atoms with van der Waals surface area (Å²) >= 11 is 0. The number of carbonyl (C=O) groups is 1. The molecule has 0 aromatic rings. The lowest BCUT2D eigenvalue weighted by atomic mass is 9.64. The third kappa shape index (κ3) is 6.62. The molecule has 1 aliphatic rings. The molecule has 3 atom stereocenters. The van der Waals surface area contributed by atoms with E-state index in [0.717, 1.165) is 25.9 Å². The molecule has 0 aromatic carbocycles. The van der Waals surface area contributed by atoms with E-state index >= 15 is 0 Å². The zero-order chi connectivity index (χ0) is 13.8. The van der Waals surface area contributed by atoms with E-state index in [0.29, 0.717) is 24.2 Å². The van der Waals surface area contributed by atoms with Crippen LogP contribution in [0.2, 0.25) is 0 Å². The Labute approximate surface area is 124 Å². The normalized spacial score (nSPS) is 31.0. The lowest BCUT2D eigenvalue weighted by molar-refractivity contribution is -0.140. The van der Waals surface area contributed by atoms with Gasteiger partial charge in [-0.1, -0.05) is 27.7 Å². The Morgan fingerprint density at radius 3 is 2.26 bits per heavy atom. The van der Waals surface area contributed by atoms with Gasteiger partial charge in [0.05, 0.1) is 6.42 Å². The van der Waals surface area contributed by atoms with Gasteiger partial charge in [-0.2, -0.15) is 0 Å². The summed E-state index contributed by atoms with van der Waals surface area (Å²) in [5, 5.41) is 12.7. The van der Waals surface area contributed by atoms with Gasteiger partial charge in [0.2, 0.25) is 0 Å². The van der Waals surface area contributed by atoms with Gasteiger partial charge in [0, 0.05) is 6.54 Å². The highest BCUT2D eigenvalue weighted by atomic mass is 35.5. The van der Waals surface area contributed by atoms with Gasteiger partial charge < -0.3 is 10.4 Å².